The lowest BCUT2D eigenvalue weighted by molar-refractivity contribution is -0.129. The normalized spacial score (nSPS) is 16.7. The summed E-state index contributed by atoms with van der Waals surface area (Å²) in [5.74, 6) is 0.123. The lowest BCUT2D eigenvalue weighted by atomic mass is 10.1. The first-order chi connectivity index (χ1) is 12.9. The lowest BCUT2D eigenvalue weighted by Crippen LogP contribution is -2.35. The van der Waals surface area contributed by atoms with Crippen molar-refractivity contribution in [3.05, 3.63) is 41.7 Å². The molecule has 1 aromatic carbocycles. The summed E-state index contributed by atoms with van der Waals surface area (Å²) in [4.78, 5) is 42.0. The molecule has 0 aliphatic carbocycles. The SMILES string of the molecule is CC(C)c1nc(NC(=O)C[C@H]2NC(=O)N(CCc3ccccc3)C2=O)n[nH]1. The van der Waals surface area contributed by atoms with Crippen molar-refractivity contribution >= 4 is 23.8 Å². The topological polar surface area (TPSA) is 120 Å². The molecule has 1 saturated heterocycles. The molecule has 9 heteroatoms. The van der Waals surface area contributed by atoms with E-state index in [2.05, 4.69) is 25.8 Å². The van der Waals surface area contributed by atoms with Gasteiger partial charge in [0.05, 0.1) is 6.42 Å². The fraction of sp³-hybridized carbons (Fsp3) is 0.389. The summed E-state index contributed by atoms with van der Waals surface area (Å²) in [6, 6.07) is 8.23. The lowest BCUT2D eigenvalue weighted by Gasteiger charge is -2.12. The van der Waals surface area contributed by atoms with Crippen LogP contribution in [0.3, 0.4) is 0 Å². The average molecular weight is 370 g/mol. The van der Waals surface area contributed by atoms with Crippen molar-refractivity contribution in [1.82, 2.24) is 25.4 Å². The zero-order valence-electron chi connectivity index (χ0n) is 15.2. The first-order valence-electron chi connectivity index (χ1n) is 8.82. The smallest absolute Gasteiger partial charge is 0.324 e. The van der Waals surface area contributed by atoms with Crippen molar-refractivity contribution in [1.29, 1.82) is 0 Å². The third kappa shape index (κ3) is 4.49. The highest BCUT2D eigenvalue weighted by Crippen LogP contribution is 2.13. The van der Waals surface area contributed by atoms with Crippen LogP contribution in [-0.2, 0) is 16.0 Å². The number of amides is 4. The molecule has 1 aromatic heterocycles. The van der Waals surface area contributed by atoms with Crippen molar-refractivity contribution in [3.8, 4) is 0 Å². The number of hydrogen-bond acceptors (Lipinski definition) is 5. The predicted octanol–water partition coefficient (Wildman–Crippen LogP) is 1.42. The van der Waals surface area contributed by atoms with Crippen LogP contribution in [0.2, 0.25) is 0 Å². The van der Waals surface area contributed by atoms with Gasteiger partial charge in [0.25, 0.3) is 5.91 Å². The van der Waals surface area contributed by atoms with E-state index in [1.165, 1.54) is 0 Å². The number of carbonyl (C=O) groups is 3. The molecular formula is C18H22N6O3. The minimum absolute atomic E-state index is 0.150. The number of urea groups is 1. The van der Waals surface area contributed by atoms with Crippen molar-refractivity contribution < 1.29 is 14.4 Å². The molecule has 1 aliphatic rings. The van der Waals surface area contributed by atoms with Gasteiger partial charge in [-0.15, -0.1) is 5.10 Å². The van der Waals surface area contributed by atoms with Crippen LogP contribution in [0.1, 0.15) is 37.6 Å². The van der Waals surface area contributed by atoms with E-state index in [9.17, 15) is 14.4 Å². The highest BCUT2D eigenvalue weighted by molar-refractivity contribution is 6.06. The fourth-order valence-corrected chi connectivity index (χ4v) is 2.76. The van der Waals surface area contributed by atoms with Gasteiger partial charge in [-0.1, -0.05) is 44.2 Å². The monoisotopic (exact) mass is 370 g/mol. The summed E-state index contributed by atoms with van der Waals surface area (Å²) in [5, 5.41) is 11.7. The van der Waals surface area contributed by atoms with Crippen LogP contribution in [0.4, 0.5) is 10.7 Å². The van der Waals surface area contributed by atoms with Gasteiger partial charge < -0.3 is 5.32 Å². The number of benzene rings is 1. The van der Waals surface area contributed by atoms with E-state index >= 15 is 0 Å². The van der Waals surface area contributed by atoms with Gasteiger partial charge in [0.1, 0.15) is 11.9 Å². The second kappa shape index (κ2) is 7.98. The van der Waals surface area contributed by atoms with E-state index in [1.807, 2.05) is 44.2 Å². The Hall–Kier alpha value is -3.23. The summed E-state index contributed by atoms with van der Waals surface area (Å²) in [7, 11) is 0. The molecule has 142 valence electrons. The van der Waals surface area contributed by atoms with Crippen LogP contribution in [-0.4, -0.2) is 50.5 Å². The molecule has 9 nitrogen and oxygen atoms in total. The van der Waals surface area contributed by atoms with Gasteiger partial charge >= 0.3 is 6.03 Å². The number of rotatable bonds is 7. The maximum atomic E-state index is 12.4. The molecule has 2 heterocycles. The molecule has 1 atom stereocenters. The zero-order valence-corrected chi connectivity index (χ0v) is 15.2. The highest BCUT2D eigenvalue weighted by Gasteiger charge is 2.38. The van der Waals surface area contributed by atoms with Gasteiger partial charge in [-0.25, -0.2) is 4.79 Å². The van der Waals surface area contributed by atoms with Gasteiger partial charge in [0.15, 0.2) is 0 Å². The second-order valence-electron chi connectivity index (χ2n) is 6.68. The highest BCUT2D eigenvalue weighted by atomic mass is 16.2. The molecule has 4 amide bonds. The molecule has 3 N–H and O–H groups in total. The van der Waals surface area contributed by atoms with Crippen molar-refractivity contribution in [3.63, 3.8) is 0 Å². The molecule has 0 unspecified atom stereocenters. The zero-order chi connectivity index (χ0) is 19.4. The number of H-pyrrole nitrogens is 1. The Morgan fingerprint density at radius 3 is 2.67 bits per heavy atom. The Kier molecular flexibility index (Phi) is 5.49. The van der Waals surface area contributed by atoms with E-state index in [4.69, 9.17) is 0 Å². The summed E-state index contributed by atoms with van der Waals surface area (Å²) in [5.41, 5.74) is 1.03. The largest absolute Gasteiger partial charge is 0.325 e. The Balaban J connectivity index is 1.53. The molecule has 1 fully saturated rings. The van der Waals surface area contributed by atoms with Gasteiger partial charge in [-0.2, -0.15) is 4.98 Å². The van der Waals surface area contributed by atoms with Crippen LogP contribution in [0.25, 0.3) is 0 Å². The number of hydrogen-bond donors (Lipinski definition) is 3. The molecule has 0 spiro atoms. The number of nitrogens with zero attached hydrogens (tertiary/aromatic N) is 3. The number of anilines is 1. The Morgan fingerprint density at radius 2 is 2.00 bits per heavy atom. The number of aromatic amines is 1. The minimum atomic E-state index is -0.878. The van der Waals surface area contributed by atoms with Crippen molar-refractivity contribution in [2.75, 3.05) is 11.9 Å². The van der Waals surface area contributed by atoms with E-state index in [-0.39, 0.29) is 24.8 Å². The average Bonchev–Trinajstić information content (AvgIpc) is 3.20. The number of aromatic nitrogens is 3. The third-order valence-electron chi connectivity index (χ3n) is 4.26. The molecule has 0 saturated carbocycles. The predicted molar refractivity (Wildman–Crippen MR) is 97.9 cm³/mol. The van der Waals surface area contributed by atoms with Gasteiger partial charge in [0.2, 0.25) is 11.9 Å². The molecule has 27 heavy (non-hydrogen) atoms. The minimum Gasteiger partial charge on any atom is -0.325 e. The Morgan fingerprint density at radius 1 is 1.26 bits per heavy atom. The second-order valence-corrected chi connectivity index (χ2v) is 6.68. The number of nitrogens with one attached hydrogen (secondary N) is 3. The fourth-order valence-electron chi connectivity index (χ4n) is 2.76. The number of carbonyl (C=O) groups excluding carboxylic acids is 3. The quantitative estimate of drug-likeness (QED) is 0.637. The van der Waals surface area contributed by atoms with Gasteiger partial charge in [0, 0.05) is 12.5 Å². The van der Waals surface area contributed by atoms with Crippen LogP contribution in [0, 0.1) is 0 Å². The summed E-state index contributed by atoms with van der Waals surface area (Å²) in [6.07, 6.45) is 0.395. The molecule has 3 rings (SSSR count). The third-order valence-corrected chi connectivity index (χ3v) is 4.26. The van der Waals surface area contributed by atoms with Crippen LogP contribution >= 0.6 is 0 Å². The molecule has 1 aliphatic heterocycles. The molecule has 0 bridgehead atoms. The van der Waals surface area contributed by atoms with Crippen molar-refractivity contribution in [2.45, 2.75) is 38.6 Å². The van der Waals surface area contributed by atoms with E-state index in [1.54, 1.807) is 0 Å². The van der Waals surface area contributed by atoms with Gasteiger partial charge in [-0.05, 0) is 12.0 Å². The van der Waals surface area contributed by atoms with Crippen LogP contribution in [0.15, 0.2) is 30.3 Å². The van der Waals surface area contributed by atoms with Crippen LogP contribution in [0.5, 0.6) is 0 Å². The van der Waals surface area contributed by atoms with Crippen LogP contribution < -0.4 is 10.6 Å². The standard InChI is InChI=1S/C18H22N6O3/c1-11(2)15-21-17(23-22-15)20-14(25)10-13-16(26)24(18(27)19-13)9-8-12-6-4-3-5-7-12/h3-7,11,13H,8-10H2,1-2H3,(H,19,27)(H2,20,21,22,23,25)/t13-/m1/s1. The first kappa shape index (κ1) is 18.6. The van der Waals surface area contributed by atoms with E-state index in [0.717, 1.165) is 10.5 Å². The molecular weight excluding hydrogens is 348 g/mol. The summed E-state index contributed by atoms with van der Waals surface area (Å²) >= 11 is 0. The van der Waals surface area contributed by atoms with Crippen molar-refractivity contribution in [2.24, 2.45) is 0 Å². The van der Waals surface area contributed by atoms with E-state index in [0.29, 0.717) is 12.2 Å². The number of imide groups is 1. The Labute approximate surface area is 156 Å². The summed E-state index contributed by atoms with van der Waals surface area (Å²) < 4.78 is 0. The maximum absolute atomic E-state index is 12.4. The Bertz CT molecular complexity index is 833. The van der Waals surface area contributed by atoms with Gasteiger partial charge in [-0.3, -0.25) is 24.9 Å². The summed E-state index contributed by atoms with van der Waals surface area (Å²) in [6.45, 7) is 4.16. The molecule has 0 radical (unpaired) electrons. The molecule has 2 aromatic rings. The van der Waals surface area contributed by atoms with E-state index < -0.39 is 23.9 Å². The first-order valence-corrected chi connectivity index (χ1v) is 8.82. The maximum Gasteiger partial charge on any atom is 0.324 e.